The minimum Gasteiger partial charge on any atom is -0.508 e. The topological polar surface area (TPSA) is 385 Å². The highest BCUT2D eigenvalue weighted by molar-refractivity contribution is 5.88. The maximum atomic E-state index is 13.1. The van der Waals surface area contributed by atoms with E-state index in [1.165, 1.54) is 78.9 Å². The Morgan fingerprint density at radius 2 is 1.07 bits per heavy atom. The van der Waals surface area contributed by atoms with Crippen LogP contribution in [0.25, 0.3) is 34.8 Å². The third-order valence-electron chi connectivity index (χ3n) is 12.3. The molecule has 0 spiro atoms. The molecule has 5 aliphatic rings. The molecule has 8 rings (SSSR count). The number of aromatic hydroxyl groups is 3. The van der Waals surface area contributed by atoms with Gasteiger partial charge in [0.2, 0.25) is 19.2 Å². The summed E-state index contributed by atoms with van der Waals surface area (Å²) in [6.45, 7) is -2.21. The van der Waals surface area contributed by atoms with Gasteiger partial charge in [-0.15, -0.1) is 0 Å². The number of carbonyl (C=O) groups excluding carboxylic acids is 2. The van der Waals surface area contributed by atoms with E-state index in [-0.39, 0.29) is 51.4 Å². The normalized spacial score (nSPS) is 30.1. The summed E-state index contributed by atoms with van der Waals surface area (Å²) in [6, 6.07) is 20.3. The smallest absolute Gasteiger partial charge is 0.508 e. The molecular weight excluding hydrogens is 997 g/mol. The Kier molecular flexibility index (Phi) is 17.1. The van der Waals surface area contributed by atoms with E-state index in [2.05, 4.69) is 0 Å². The fourth-order valence-electron chi connectivity index (χ4n) is 8.11. The largest absolute Gasteiger partial charge is 0.510 e. The maximum absolute atomic E-state index is 13.1. The molecule has 15 atom stereocenters. The summed E-state index contributed by atoms with van der Waals surface area (Å²) in [6.07, 6.45) is -22.9. The van der Waals surface area contributed by atoms with Gasteiger partial charge in [0.25, 0.3) is 0 Å². The zero-order valence-electron chi connectivity index (χ0n) is 39.1. The average molecular weight is 1050 g/mol. The number of hydrogen-bond donors (Lipinski definition) is 12. The van der Waals surface area contributed by atoms with Gasteiger partial charge in [0.1, 0.15) is 103 Å². The quantitative estimate of drug-likeness (QED) is 0.0327. The molecule has 0 radical (unpaired) electrons. The van der Waals surface area contributed by atoms with Crippen LogP contribution in [0.1, 0.15) is 11.1 Å². The number of aliphatic hydroxyl groups excluding tert-OH is 9. The molecule has 0 amide bonds. The zero-order chi connectivity index (χ0) is 53.7. The Morgan fingerprint density at radius 1 is 0.560 bits per heavy atom. The van der Waals surface area contributed by atoms with Crippen LogP contribution in [-0.2, 0) is 33.2 Å². The standard InChI is InChI=1S/C51H52O24/c52-20-34-39(59)42(62)45(65)49(72-34)70-32-18-29(56)17-31-30(32)19-33(47(69-31)25-7-13-28(55)14-8-25)71-51-48(44(64)41(61)36(74-51)22-68-38(58)16-6-24-3-11-27(54)12-4-24)75-50-46(66)43(63)40(60)35(73-50)21-67-37(57)15-5-23-1-9-26(53)10-2-23/h1-19,34-36,39-46,48-55,59-66H,20-22H2/p+1/t34-,35-,36-,39-,40-,41-,42+,43+,44+,45-,46-,48-,49-,50+,51-/m1/s1. The van der Waals surface area contributed by atoms with Crippen molar-refractivity contribution >= 4 is 24.1 Å². The first kappa shape index (κ1) is 54.3. The number of ether oxygens (including phenoxy) is 8. The lowest BCUT2D eigenvalue weighted by molar-refractivity contribution is -0.357. The summed E-state index contributed by atoms with van der Waals surface area (Å²) >= 11 is 0. The third kappa shape index (κ3) is 12.7. The van der Waals surface area contributed by atoms with Crippen molar-refractivity contribution in [3.63, 3.8) is 0 Å². The fourth-order valence-corrected chi connectivity index (χ4v) is 8.11. The first-order valence-corrected chi connectivity index (χ1v) is 23.1. The molecular formula is C51H53O24+. The molecule has 4 heterocycles. The van der Waals surface area contributed by atoms with Crippen molar-refractivity contribution in [1.29, 1.82) is 0 Å². The number of benzene rings is 4. The predicted octanol–water partition coefficient (Wildman–Crippen LogP) is -0.786. The Morgan fingerprint density at radius 3 is 1.68 bits per heavy atom. The highest BCUT2D eigenvalue weighted by Gasteiger charge is 2.53. The van der Waals surface area contributed by atoms with Crippen molar-refractivity contribution in [2.75, 3.05) is 19.8 Å². The number of phenolic OH excluding ortho intramolecular Hbond substituents is 3. The number of phenols is 3. The monoisotopic (exact) mass is 1050 g/mol. The second-order valence-corrected chi connectivity index (χ2v) is 17.5. The zero-order valence-corrected chi connectivity index (χ0v) is 39.1. The SMILES string of the molecule is O=C(C=Cc1ccc(O)cc1)OC[C@H]1O[C@@H](Oc2cc3c(O[C@@H]4O[C@H](CO)[C@@H](O)[C@H](O)[C@H]4O)cc(=O)cc-3oc2-c2ccc(O)cc2)[C@H](O[C@@H]2O[C@H](COC(=[OH+])C=Cc3ccc(O)cc3)[C@@H](O)[C@H](O)[C@H]2O)[C@@H](O)[C@@H]1O. The van der Waals surface area contributed by atoms with E-state index >= 15 is 0 Å². The minimum atomic E-state index is -2.10. The number of fused-ring (bicyclic) bond motifs is 1. The van der Waals surface area contributed by atoms with E-state index in [0.29, 0.717) is 11.1 Å². The van der Waals surface area contributed by atoms with Gasteiger partial charge < -0.3 is 108 Å². The molecule has 24 heteroatoms. The number of hydrogen-bond acceptors (Lipinski definition) is 23. The van der Waals surface area contributed by atoms with Crippen LogP contribution >= 0.6 is 0 Å². The molecule has 0 unspecified atom stereocenters. The first-order chi connectivity index (χ1) is 35.9. The number of rotatable bonds is 16. The van der Waals surface area contributed by atoms with Crippen LogP contribution in [0, 0.1) is 0 Å². The third-order valence-corrected chi connectivity index (χ3v) is 12.3. The molecule has 3 aromatic rings. The molecule has 75 heavy (non-hydrogen) atoms. The van der Waals surface area contributed by atoms with E-state index in [9.17, 15) is 75.7 Å². The maximum Gasteiger partial charge on any atom is 0.510 e. The van der Waals surface area contributed by atoms with Crippen LogP contribution in [0.3, 0.4) is 0 Å². The molecule has 1 aliphatic carbocycles. The van der Waals surface area contributed by atoms with Crippen LogP contribution in [0.5, 0.6) is 28.7 Å². The van der Waals surface area contributed by atoms with Crippen LogP contribution < -0.4 is 14.9 Å². The van der Waals surface area contributed by atoms with Crippen LogP contribution in [0.2, 0.25) is 0 Å². The summed E-state index contributed by atoms with van der Waals surface area (Å²) in [5, 5.41) is 127. The van der Waals surface area contributed by atoms with E-state index < -0.39 is 129 Å². The van der Waals surface area contributed by atoms with Gasteiger partial charge in [-0.05, 0) is 77.9 Å². The molecule has 13 N–H and O–H groups in total. The molecule has 3 fully saturated rings. The highest BCUT2D eigenvalue weighted by Crippen LogP contribution is 2.43. The van der Waals surface area contributed by atoms with Gasteiger partial charge in [0, 0.05) is 23.8 Å². The number of carbonyl (C=O) groups is 1. The van der Waals surface area contributed by atoms with E-state index in [0.717, 1.165) is 24.3 Å². The van der Waals surface area contributed by atoms with Crippen LogP contribution in [-0.4, -0.2) is 190 Å². The van der Waals surface area contributed by atoms with Crippen LogP contribution in [0.4, 0.5) is 0 Å². The lowest BCUT2D eigenvalue weighted by Gasteiger charge is -2.45. The molecule has 3 aromatic carbocycles. The van der Waals surface area contributed by atoms with E-state index in [1.54, 1.807) is 12.1 Å². The number of aliphatic hydroxyl groups is 9. The Balaban J connectivity index is 1.12. The highest BCUT2D eigenvalue weighted by atomic mass is 16.8. The molecule has 400 valence electrons. The van der Waals surface area contributed by atoms with Gasteiger partial charge in [-0.25, -0.2) is 4.79 Å². The second-order valence-electron chi connectivity index (χ2n) is 17.5. The molecule has 0 aromatic heterocycles. The van der Waals surface area contributed by atoms with E-state index in [4.69, 9.17) is 42.3 Å². The summed E-state index contributed by atoms with van der Waals surface area (Å²) in [7, 11) is 0. The van der Waals surface area contributed by atoms with Gasteiger partial charge >= 0.3 is 11.9 Å². The predicted molar refractivity (Wildman–Crippen MR) is 254 cm³/mol. The molecule has 3 saturated heterocycles. The van der Waals surface area contributed by atoms with Crippen molar-refractivity contribution in [2.45, 2.75) is 92.1 Å². The van der Waals surface area contributed by atoms with Crippen LogP contribution in [0.15, 0.2) is 112 Å². The first-order valence-electron chi connectivity index (χ1n) is 23.1. The van der Waals surface area contributed by atoms with Gasteiger partial charge in [0.05, 0.1) is 18.2 Å². The lowest BCUT2D eigenvalue weighted by Crippen LogP contribution is -2.65. The van der Waals surface area contributed by atoms with Gasteiger partial charge in [-0.1, -0.05) is 24.3 Å². The molecule has 24 nitrogen and oxygen atoms in total. The van der Waals surface area contributed by atoms with E-state index in [1.807, 2.05) is 0 Å². The van der Waals surface area contributed by atoms with Gasteiger partial charge in [-0.3, -0.25) is 4.79 Å². The minimum absolute atomic E-state index is 0.00846. The average Bonchev–Trinajstić information content (AvgIpc) is 3.39. The summed E-state index contributed by atoms with van der Waals surface area (Å²) in [5.74, 6) is -2.86. The lowest BCUT2D eigenvalue weighted by atomic mass is 9.97. The molecule has 4 aliphatic heterocycles. The second kappa shape index (κ2) is 23.7. The number of esters is 2. The van der Waals surface area contributed by atoms with Crippen molar-refractivity contribution < 1.29 is 113 Å². The van der Waals surface area contributed by atoms with Crippen molar-refractivity contribution in [1.82, 2.24) is 0 Å². The fraction of sp³-hybridized carbons (Fsp3) is 0.353. The Bertz CT molecular complexity index is 2810. The molecule has 0 bridgehead atoms. The summed E-state index contributed by atoms with van der Waals surface area (Å²) < 4.78 is 52.8. The molecule has 0 saturated carbocycles. The van der Waals surface area contributed by atoms with Crippen molar-refractivity contribution in [3.05, 3.63) is 124 Å². The summed E-state index contributed by atoms with van der Waals surface area (Å²) in [5.41, 5.74) is 0.462. The Labute approximate surface area is 424 Å². The van der Waals surface area contributed by atoms with Gasteiger partial charge in [-0.2, -0.15) is 0 Å². The Hall–Kier alpha value is -7.01. The van der Waals surface area contributed by atoms with Gasteiger partial charge in [0.15, 0.2) is 29.3 Å². The summed E-state index contributed by atoms with van der Waals surface area (Å²) in [4.78, 5) is 36.5. The van der Waals surface area contributed by atoms with Crippen molar-refractivity contribution in [3.8, 4) is 51.4 Å². The van der Waals surface area contributed by atoms with Crippen molar-refractivity contribution in [2.24, 2.45) is 0 Å².